The van der Waals surface area contributed by atoms with E-state index in [1.807, 2.05) is 0 Å². The summed E-state index contributed by atoms with van der Waals surface area (Å²) in [6.45, 7) is 1.66. The molecule has 180 valence electrons. The van der Waals surface area contributed by atoms with Crippen molar-refractivity contribution in [2.45, 2.75) is 6.92 Å². The van der Waals surface area contributed by atoms with E-state index in [9.17, 15) is 40.4 Å². The van der Waals surface area contributed by atoms with Crippen molar-refractivity contribution < 1.29 is 24.3 Å². The van der Waals surface area contributed by atoms with Gasteiger partial charge in [-0.3, -0.25) is 35.1 Å². The number of non-ortho nitro benzene ring substituents is 1. The minimum Gasteiger partial charge on any atom is -0.450 e. The van der Waals surface area contributed by atoms with Crippen LogP contribution in [0.3, 0.4) is 0 Å². The lowest BCUT2D eigenvalue weighted by Gasteiger charge is -2.07. The Balaban J connectivity index is 1.80. The molecule has 13 heteroatoms. The van der Waals surface area contributed by atoms with Crippen molar-refractivity contribution in [2.24, 2.45) is 0 Å². The van der Waals surface area contributed by atoms with Crippen LogP contribution in [0.15, 0.2) is 66.2 Å². The Kier molecular flexibility index (Phi) is 7.31. The Morgan fingerprint density at radius 2 is 1.58 bits per heavy atom. The number of nitro benzene ring substituents is 3. The Bertz CT molecular complexity index is 1460. The first-order chi connectivity index (χ1) is 17.1. The monoisotopic (exact) mass is 489 g/mol. The van der Waals surface area contributed by atoms with Gasteiger partial charge in [0, 0.05) is 12.1 Å². The maximum atomic E-state index is 12.5. The molecule has 0 fully saturated rings. The summed E-state index contributed by atoms with van der Waals surface area (Å²) in [4.78, 5) is 43.7. The molecule has 0 aromatic heterocycles. The summed E-state index contributed by atoms with van der Waals surface area (Å²) >= 11 is 0. The maximum Gasteiger partial charge on any atom is 0.318 e. The van der Waals surface area contributed by atoms with E-state index in [2.05, 4.69) is 5.32 Å². The summed E-state index contributed by atoms with van der Waals surface area (Å²) in [5.74, 6) is -0.917. The molecule has 3 rings (SSSR count). The molecule has 0 unspecified atom stereocenters. The van der Waals surface area contributed by atoms with Crippen molar-refractivity contribution in [2.75, 3.05) is 5.32 Å². The molecule has 0 radical (unpaired) electrons. The number of nitrogens with zero attached hydrogens (tertiary/aromatic N) is 4. The van der Waals surface area contributed by atoms with Crippen LogP contribution < -0.4 is 10.1 Å². The molecule has 36 heavy (non-hydrogen) atoms. The van der Waals surface area contributed by atoms with Gasteiger partial charge in [0.05, 0.1) is 20.8 Å². The Hall–Kier alpha value is -5.64. The molecule has 0 atom stereocenters. The van der Waals surface area contributed by atoms with Crippen LogP contribution in [0.5, 0.6) is 11.5 Å². The van der Waals surface area contributed by atoms with Gasteiger partial charge in [0.25, 0.3) is 17.3 Å². The van der Waals surface area contributed by atoms with E-state index >= 15 is 0 Å². The second kappa shape index (κ2) is 10.5. The molecule has 0 heterocycles. The molecule has 0 spiro atoms. The van der Waals surface area contributed by atoms with Gasteiger partial charge in [0.2, 0.25) is 5.75 Å². The highest BCUT2D eigenvalue weighted by atomic mass is 16.6. The van der Waals surface area contributed by atoms with Gasteiger partial charge < -0.3 is 10.1 Å². The van der Waals surface area contributed by atoms with Crippen LogP contribution in [0.4, 0.5) is 22.7 Å². The third kappa shape index (κ3) is 5.83. The van der Waals surface area contributed by atoms with Crippen molar-refractivity contribution in [3.8, 4) is 17.6 Å². The van der Waals surface area contributed by atoms with E-state index in [1.54, 1.807) is 19.1 Å². The van der Waals surface area contributed by atoms with Gasteiger partial charge in [0.15, 0.2) is 0 Å². The predicted molar refractivity (Wildman–Crippen MR) is 126 cm³/mol. The highest BCUT2D eigenvalue weighted by molar-refractivity contribution is 6.10. The van der Waals surface area contributed by atoms with Crippen LogP contribution >= 0.6 is 0 Å². The topological polar surface area (TPSA) is 192 Å². The molecular weight excluding hydrogens is 474 g/mol. The summed E-state index contributed by atoms with van der Waals surface area (Å²) < 4.78 is 5.47. The number of anilines is 1. The second-order valence-electron chi connectivity index (χ2n) is 7.24. The van der Waals surface area contributed by atoms with Gasteiger partial charge in [-0.25, -0.2) is 0 Å². The number of nitro groups is 3. The molecule has 0 aliphatic rings. The first-order valence-electron chi connectivity index (χ1n) is 9.98. The van der Waals surface area contributed by atoms with E-state index in [1.165, 1.54) is 42.5 Å². The largest absolute Gasteiger partial charge is 0.450 e. The zero-order valence-electron chi connectivity index (χ0n) is 18.4. The number of carbonyl (C=O) groups is 1. The van der Waals surface area contributed by atoms with Crippen LogP contribution in [0.2, 0.25) is 0 Å². The number of ether oxygens (including phenoxy) is 1. The average Bonchev–Trinajstić information content (AvgIpc) is 2.84. The van der Waals surface area contributed by atoms with Crippen molar-refractivity contribution in [3.63, 3.8) is 0 Å². The van der Waals surface area contributed by atoms with Gasteiger partial charge in [-0.1, -0.05) is 18.2 Å². The number of rotatable bonds is 8. The van der Waals surface area contributed by atoms with Crippen LogP contribution in [-0.4, -0.2) is 20.7 Å². The Morgan fingerprint density at radius 1 is 0.917 bits per heavy atom. The molecule has 0 aliphatic heterocycles. The smallest absolute Gasteiger partial charge is 0.318 e. The van der Waals surface area contributed by atoms with Gasteiger partial charge in [-0.05, 0) is 48.4 Å². The van der Waals surface area contributed by atoms with Crippen molar-refractivity contribution in [3.05, 3.63) is 108 Å². The van der Waals surface area contributed by atoms with Gasteiger partial charge in [-0.2, -0.15) is 5.26 Å². The minimum absolute atomic E-state index is 0.0646. The molecule has 0 bridgehead atoms. The van der Waals surface area contributed by atoms with Crippen LogP contribution in [-0.2, 0) is 4.79 Å². The highest BCUT2D eigenvalue weighted by Gasteiger charge is 2.21. The zero-order valence-corrected chi connectivity index (χ0v) is 18.4. The lowest BCUT2D eigenvalue weighted by molar-refractivity contribution is -0.394. The quantitative estimate of drug-likeness (QED) is 0.195. The number of nitrogens with one attached hydrogen (secondary N) is 1. The average molecular weight is 489 g/mol. The molecule has 3 aromatic carbocycles. The lowest BCUT2D eigenvalue weighted by atomic mass is 10.1. The molecule has 1 amide bonds. The van der Waals surface area contributed by atoms with Crippen molar-refractivity contribution in [1.82, 2.24) is 0 Å². The molecule has 0 saturated heterocycles. The fraction of sp³-hybridized carbons (Fsp3) is 0.0435. The highest BCUT2D eigenvalue weighted by Crippen LogP contribution is 2.34. The van der Waals surface area contributed by atoms with Gasteiger partial charge >= 0.3 is 5.69 Å². The zero-order chi connectivity index (χ0) is 26.4. The number of benzene rings is 3. The van der Waals surface area contributed by atoms with E-state index in [-0.39, 0.29) is 28.4 Å². The summed E-state index contributed by atoms with van der Waals surface area (Å²) in [5, 5.41) is 45.1. The fourth-order valence-electron chi connectivity index (χ4n) is 3.01. The predicted octanol–water partition coefficient (Wildman–Crippen LogP) is 5.06. The van der Waals surface area contributed by atoms with Crippen molar-refractivity contribution >= 4 is 34.7 Å². The fourth-order valence-corrected chi connectivity index (χ4v) is 3.01. The van der Waals surface area contributed by atoms with Gasteiger partial charge in [-0.15, -0.1) is 0 Å². The number of aryl methyl sites for hydroxylation is 1. The normalized spacial score (nSPS) is 10.7. The number of carbonyl (C=O) groups excluding carboxylic acids is 1. The molecule has 1 N–H and O–H groups in total. The number of hydrogen-bond donors (Lipinski definition) is 1. The summed E-state index contributed by atoms with van der Waals surface area (Å²) in [6, 6.07) is 14.7. The molecule has 13 nitrogen and oxygen atoms in total. The van der Waals surface area contributed by atoms with Crippen LogP contribution in [0, 0.1) is 48.6 Å². The minimum atomic E-state index is -0.855. The molecule has 0 aliphatic carbocycles. The van der Waals surface area contributed by atoms with E-state index in [4.69, 9.17) is 4.74 Å². The second-order valence-corrected chi connectivity index (χ2v) is 7.24. The molecule has 3 aromatic rings. The van der Waals surface area contributed by atoms with Gasteiger partial charge in [0.1, 0.15) is 23.1 Å². The summed E-state index contributed by atoms with van der Waals surface area (Å²) in [5.41, 5.74) is -0.755. The third-order valence-electron chi connectivity index (χ3n) is 4.73. The maximum absolute atomic E-state index is 12.5. The number of amides is 1. The first-order valence-corrected chi connectivity index (χ1v) is 9.98. The Labute approximate surface area is 202 Å². The SMILES string of the molecule is Cc1ccc(NC(=O)/C(C#N)=C/c2ccc(Oc3ccc([N+](=O)[O-])cc3[N+](=O)[O-])cc2)c([N+](=O)[O-])c1. The summed E-state index contributed by atoms with van der Waals surface area (Å²) in [7, 11) is 0. The van der Waals surface area contributed by atoms with Crippen LogP contribution in [0.1, 0.15) is 11.1 Å². The van der Waals surface area contributed by atoms with E-state index < -0.39 is 32.1 Å². The number of hydrogen-bond acceptors (Lipinski definition) is 9. The van der Waals surface area contributed by atoms with Crippen LogP contribution in [0.25, 0.3) is 6.08 Å². The summed E-state index contributed by atoms with van der Waals surface area (Å²) in [6.07, 6.45) is 1.24. The third-order valence-corrected chi connectivity index (χ3v) is 4.73. The van der Waals surface area contributed by atoms with E-state index in [0.717, 1.165) is 18.2 Å². The first kappa shape index (κ1) is 25.0. The number of nitriles is 1. The standard InChI is InChI=1S/C23H15N5O8/c1-14-2-8-19(20(10-14)27(32)33)25-23(29)16(13-24)11-15-3-6-18(7-4-15)36-22-9-5-17(26(30)31)12-21(22)28(34)35/h2-12H,1H3,(H,25,29)/b16-11+. The van der Waals surface area contributed by atoms with E-state index in [0.29, 0.717) is 11.1 Å². The van der Waals surface area contributed by atoms with Crippen molar-refractivity contribution in [1.29, 1.82) is 5.26 Å². The molecular formula is C23H15N5O8. The Morgan fingerprint density at radius 3 is 2.17 bits per heavy atom. The lowest BCUT2D eigenvalue weighted by Crippen LogP contribution is -2.14. The molecule has 0 saturated carbocycles.